The maximum absolute atomic E-state index is 13.8. The van der Waals surface area contributed by atoms with E-state index < -0.39 is 114 Å². The average molecular weight is 2550 g/mol. The number of hydrogen-bond donors (Lipinski definition) is 0. The van der Waals surface area contributed by atoms with E-state index in [4.69, 9.17) is 9.47 Å². The summed E-state index contributed by atoms with van der Waals surface area (Å²) in [6, 6.07) is 90.4. The summed E-state index contributed by atoms with van der Waals surface area (Å²) in [4.78, 5) is 81.7. The normalized spacial score (nSPS) is 19.7. The minimum atomic E-state index is -6.79. The van der Waals surface area contributed by atoms with Crippen LogP contribution in [0.15, 0.2) is 289 Å². The predicted octanol–water partition coefficient (Wildman–Crippen LogP) is 26.8. The number of thiophene rings is 2. The molecule has 10 atom stereocenters. The van der Waals surface area contributed by atoms with Crippen molar-refractivity contribution in [1.29, 1.82) is 0 Å². The smallest absolute Gasteiger partial charge is 0.432 e. The van der Waals surface area contributed by atoms with Crippen molar-refractivity contribution < 1.29 is 122 Å². The second-order valence-electron chi connectivity index (χ2n) is 33.8. The molecule has 1 aliphatic heterocycles. The number of benzene rings is 11. The standard InChI is InChI=1S/C27H35F5O8S.C18H13OS.2C18H13S.C10H6Br3F3O5S.C9H7I3O5S/c1-13(4-7-21(36)40-23(26(28,29)30)27(31,32)41(37,38)39)16-5-6-17-22-18(12-20(35)25(16,17)3)24(2)9-8-15(33)10-14(24)11-19(22)34;1-2-8-14(9-3-1)20-17-12-6-4-10-15(17)19-16-11-5-7-13-18(16)20;2*1-2-8-14(9-3-1)19-17-12-6-4-10-15(17)16-11-5-7-13-18(16)19;11-4-1-5(8(13)6(12)2-4)9(17)21-7(10(14,15)16)3-22(18,19)20;10-5-3-6(8(12)7(11)4-5)9(13)17-1-2-18(14,15)16/h13-14,16-18,22-23H,4-12H2,1-3H3,(H,37,38,39);1-13H;2*1-13H;1-2,7H,3H2,(H,18,19,20);3-4H,1-2H2,(H,14,15,16)/q;3*+1;;/p-3/t13?,14-,16+,17-,18-,22-,23?,24-,25+;;;;;/m0...../s1. The molecule has 5 aliphatic rings. The van der Waals surface area contributed by atoms with Gasteiger partial charge in [0, 0.05) is 110 Å². The molecule has 13 aromatic rings. The van der Waals surface area contributed by atoms with E-state index in [1.807, 2.05) is 52.9 Å². The monoisotopic (exact) mass is 2550 g/mol. The number of ether oxygens (including phenoxy) is 4. The van der Waals surface area contributed by atoms with E-state index in [9.17, 15) is 103 Å². The van der Waals surface area contributed by atoms with E-state index in [1.165, 1.54) is 77.0 Å². The van der Waals surface area contributed by atoms with Gasteiger partial charge in [0.05, 0.1) is 42.9 Å². The van der Waals surface area contributed by atoms with Crippen molar-refractivity contribution in [2.45, 2.75) is 123 Å². The number of carbonyl (C=O) groups excluding carboxylic acids is 6. The van der Waals surface area contributed by atoms with Crippen LogP contribution < -0.4 is 4.74 Å². The Morgan fingerprint density at radius 1 is 0.540 bits per heavy atom. The van der Waals surface area contributed by atoms with Gasteiger partial charge in [-0.25, -0.2) is 34.8 Å². The minimum absolute atomic E-state index is 0.0373. The minimum Gasteiger partial charge on any atom is -0.748 e. The summed E-state index contributed by atoms with van der Waals surface area (Å²) in [6.07, 6.45) is -16.8. The van der Waals surface area contributed by atoms with Gasteiger partial charge in [-0.05, 0) is 294 Å². The highest BCUT2D eigenvalue weighted by Crippen LogP contribution is 2.67. The second kappa shape index (κ2) is 45.3. The van der Waals surface area contributed by atoms with Crippen LogP contribution in [-0.4, -0.2) is 122 Å². The molecule has 0 spiro atoms. The third-order valence-electron chi connectivity index (χ3n) is 25.2. The molecule has 139 heavy (non-hydrogen) atoms. The first-order valence-electron chi connectivity index (χ1n) is 42.9. The molecular weight excluding hydrogens is 2470 g/mol. The molecule has 19 nitrogen and oxygen atoms in total. The van der Waals surface area contributed by atoms with E-state index in [2.05, 4.69) is 322 Å². The van der Waals surface area contributed by atoms with Gasteiger partial charge in [0.2, 0.25) is 15.9 Å². The molecule has 0 saturated heterocycles. The molecule has 0 amide bonds. The summed E-state index contributed by atoms with van der Waals surface area (Å²) in [7, 11) is -16.4. The summed E-state index contributed by atoms with van der Waals surface area (Å²) < 4.78 is 228. The highest BCUT2D eigenvalue weighted by atomic mass is 127. The molecule has 0 bridgehead atoms. The molecule has 0 N–H and O–H groups in total. The highest BCUT2D eigenvalue weighted by Gasteiger charge is 2.67. The third-order valence-corrected chi connectivity index (χ3v) is 40.5. The van der Waals surface area contributed by atoms with Crippen LogP contribution in [0, 0.1) is 57.0 Å². The summed E-state index contributed by atoms with van der Waals surface area (Å²) in [5.41, 5.74) is -1.16. The van der Waals surface area contributed by atoms with E-state index in [-0.39, 0.29) is 113 Å². The zero-order valence-electron chi connectivity index (χ0n) is 73.4. The van der Waals surface area contributed by atoms with Crippen molar-refractivity contribution in [3.63, 3.8) is 0 Å². The van der Waals surface area contributed by atoms with Gasteiger partial charge in [0.25, 0.3) is 6.10 Å². The Morgan fingerprint density at radius 3 is 1.47 bits per heavy atom. The fraction of sp³-hybridized carbons (Fsp3) is 0.280. The van der Waals surface area contributed by atoms with Gasteiger partial charge in [-0.3, -0.25) is 19.2 Å². The summed E-state index contributed by atoms with van der Waals surface area (Å²) in [5, 5.41) is -0.344. The first kappa shape index (κ1) is 108. The SMILES string of the molecule is CC(CCC(=O)OC(C(F)(F)F)C(F)(F)S(=O)(=O)[O-])[C@H]1CC[C@H]2[C@@H]3C(=O)C[C@@H]4CC(=O)CC[C@]4(C)[C@H]3CC(=O)[C@]12C.O=C(OC(CS(=O)(=O)[O-])C(F)(F)F)c1cc(Br)cc(Br)c1Br.O=C(OCCS(=O)(=O)[O-])c1cc(I)cc(I)c1I.c1ccc(-[s+]2c3ccccc3c3ccccc32)cc1.c1ccc(-[s+]2c3ccccc3c3ccccc32)cc1.c1ccc([S+]2c3ccccc3Oc3ccccc32)cc1. The number of carbonyl (C=O) groups is 6. The van der Waals surface area contributed by atoms with E-state index >= 15 is 0 Å². The Hall–Kier alpha value is -7.77. The van der Waals surface area contributed by atoms with Crippen LogP contribution >= 0.6 is 137 Å². The van der Waals surface area contributed by atoms with Gasteiger partial charge in [-0.15, -0.1) is 0 Å². The van der Waals surface area contributed by atoms with Gasteiger partial charge < -0.3 is 32.6 Å². The summed E-state index contributed by atoms with van der Waals surface area (Å²) in [6.45, 7) is 5.10. The van der Waals surface area contributed by atoms with Crippen molar-refractivity contribution in [3.8, 4) is 21.3 Å². The Bertz CT molecular complexity index is 6850. The van der Waals surface area contributed by atoms with Crippen molar-refractivity contribution in [1.82, 2.24) is 0 Å². The highest BCUT2D eigenvalue weighted by molar-refractivity contribution is 14.1. The van der Waals surface area contributed by atoms with E-state index in [1.54, 1.807) is 19.9 Å². The molecule has 3 heterocycles. The van der Waals surface area contributed by atoms with Gasteiger partial charge >= 0.3 is 35.5 Å². The maximum Gasteiger partial charge on any atom is 0.432 e. The Morgan fingerprint density at radius 2 is 1.01 bits per heavy atom. The predicted molar refractivity (Wildman–Crippen MR) is 551 cm³/mol. The van der Waals surface area contributed by atoms with Gasteiger partial charge in [-0.2, -0.15) is 35.1 Å². The van der Waals surface area contributed by atoms with Crippen LogP contribution in [0.4, 0.5) is 35.1 Å². The molecule has 11 aromatic carbocycles. The largest absolute Gasteiger partial charge is 0.748 e. The number of esters is 3. The lowest BCUT2D eigenvalue weighted by molar-refractivity contribution is -0.259. The fourth-order valence-electron chi connectivity index (χ4n) is 18.7. The zero-order chi connectivity index (χ0) is 101. The first-order valence-corrected chi connectivity index (χ1v) is 56.7. The van der Waals surface area contributed by atoms with Gasteiger partial charge in [0.1, 0.15) is 34.9 Å². The summed E-state index contributed by atoms with van der Waals surface area (Å²) >= 11 is 15.3. The first-order chi connectivity index (χ1) is 65.5. The number of alkyl halides is 8. The summed E-state index contributed by atoms with van der Waals surface area (Å²) in [5.74, 6) is -6.07. The van der Waals surface area contributed by atoms with Crippen LogP contribution in [0.2, 0.25) is 0 Å². The van der Waals surface area contributed by atoms with Crippen LogP contribution in [0.25, 0.3) is 50.1 Å². The second-order valence-corrected chi connectivity index (χ2v) is 50.2. The number of halogens is 14. The van der Waals surface area contributed by atoms with Crippen LogP contribution in [0.3, 0.4) is 0 Å². The number of para-hydroxylation sites is 2. The van der Waals surface area contributed by atoms with Crippen molar-refractivity contribution >= 4 is 253 Å². The quantitative estimate of drug-likeness (QED) is 0.0146. The molecule has 4 aliphatic carbocycles. The number of rotatable bonds is 18. The van der Waals surface area contributed by atoms with Crippen molar-refractivity contribution in [2.24, 2.45) is 46.3 Å². The average Bonchev–Trinajstić information content (AvgIpc) is 1.58. The molecule has 3 unspecified atom stereocenters. The molecule has 39 heteroatoms. The van der Waals surface area contributed by atoms with Crippen molar-refractivity contribution in [3.05, 3.63) is 296 Å². The number of Topliss-reactive ketones (excluding diaryl/α,β-unsaturated/α-hetero) is 3. The molecule has 732 valence electrons. The van der Waals surface area contributed by atoms with E-state index in [0.717, 1.165) is 22.2 Å². The molecule has 18 rings (SSSR count). The van der Waals surface area contributed by atoms with E-state index in [0.29, 0.717) is 46.6 Å². The zero-order valence-corrected chi connectivity index (χ0v) is 89.6. The fourth-order valence-corrected chi connectivity index (χ4v) is 31.0. The lowest BCUT2D eigenvalue weighted by Gasteiger charge is -2.58. The molecule has 0 radical (unpaired) electrons. The molecule has 4 fully saturated rings. The van der Waals surface area contributed by atoms with Gasteiger partial charge in [0.15, 0.2) is 55.1 Å². The molecule has 2 aromatic heterocycles. The Kier molecular flexibility index (Phi) is 35.3. The topological polar surface area (TPSA) is 311 Å². The lowest BCUT2D eigenvalue weighted by atomic mass is 9.44. The Balaban J connectivity index is 0.000000145. The van der Waals surface area contributed by atoms with Crippen LogP contribution in [0.1, 0.15) is 99.3 Å². The molecule has 4 saturated carbocycles. The Labute approximate surface area is 870 Å². The van der Waals surface area contributed by atoms with Crippen LogP contribution in [-0.2, 0) is 74.6 Å². The maximum atomic E-state index is 13.8. The number of hydrogen-bond acceptors (Lipinski definition) is 19. The van der Waals surface area contributed by atoms with Crippen LogP contribution in [0.5, 0.6) is 11.5 Å². The number of ketones is 3. The van der Waals surface area contributed by atoms with Gasteiger partial charge in [-0.1, -0.05) is 164 Å². The van der Waals surface area contributed by atoms with Crippen molar-refractivity contribution in [2.75, 3.05) is 18.1 Å². The third kappa shape index (κ3) is 25.2. The molecular formula is C100H84Br3F8I3O19S6. The lowest BCUT2D eigenvalue weighted by Crippen LogP contribution is -2.60. The number of fused-ring (bicyclic) bond motifs is 13.